The molecule has 0 N–H and O–H groups in total. The molecule has 1 unspecified atom stereocenters. The van der Waals surface area contributed by atoms with Crippen molar-refractivity contribution in [1.82, 2.24) is 0 Å². The zero-order valence-corrected chi connectivity index (χ0v) is 19.8. The molecule has 0 saturated carbocycles. The van der Waals surface area contributed by atoms with Gasteiger partial charge in [-0.15, -0.1) is 0 Å². The average molecular weight is 461 g/mol. The largest absolute Gasteiger partial charge is 0.465 e. The van der Waals surface area contributed by atoms with Gasteiger partial charge in [0, 0.05) is 26.4 Å². The van der Waals surface area contributed by atoms with Crippen molar-refractivity contribution in [3.8, 4) is 0 Å². The standard InChI is InChI=1S/C22H36O10/c1-7-17-13(4)18(30-14(5)23)19(31-15(6)24)22(32-17)29-12-10-11-16(20(25)27-8-2)21(26)28-9-3/h13,16-19,22H,7-12H2,1-6H3/t13-,17-,18+,19+,22?/m1/s1. The van der Waals surface area contributed by atoms with Crippen LogP contribution in [0.5, 0.6) is 0 Å². The van der Waals surface area contributed by atoms with Crippen molar-refractivity contribution in [2.24, 2.45) is 11.8 Å². The van der Waals surface area contributed by atoms with Crippen LogP contribution in [-0.2, 0) is 47.6 Å². The van der Waals surface area contributed by atoms with Gasteiger partial charge in [-0.3, -0.25) is 19.2 Å². The lowest BCUT2D eigenvalue weighted by molar-refractivity contribution is -0.290. The highest BCUT2D eigenvalue weighted by molar-refractivity contribution is 5.94. The molecule has 0 radical (unpaired) electrons. The van der Waals surface area contributed by atoms with E-state index in [-0.39, 0.29) is 38.3 Å². The molecule has 1 rings (SSSR count). The summed E-state index contributed by atoms with van der Waals surface area (Å²) in [6, 6.07) is 0. The highest BCUT2D eigenvalue weighted by atomic mass is 16.7. The molecule has 0 aromatic carbocycles. The maximum absolute atomic E-state index is 12.1. The van der Waals surface area contributed by atoms with Gasteiger partial charge >= 0.3 is 23.9 Å². The lowest BCUT2D eigenvalue weighted by Crippen LogP contribution is -2.57. The van der Waals surface area contributed by atoms with Crippen molar-refractivity contribution in [1.29, 1.82) is 0 Å². The van der Waals surface area contributed by atoms with Crippen LogP contribution in [-0.4, -0.2) is 68.3 Å². The third-order valence-electron chi connectivity index (χ3n) is 5.07. The minimum Gasteiger partial charge on any atom is -0.465 e. The van der Waals surface area contributed by atoms with E-state index in [0.29, 0.717) is 12.8 Å². The van der Waals surface area contributed by atoms with Gasteiger partial charge in [0.05, 0.1) is 19.3 Å². The lowest BCUT2D eigenvalue weighted by atomic mass is 9.89. The summed E-state index contributed by atoms with van der Waals surface area (Å²) in [6.07, 6.45) is -1.80. The lowest BCUT2D eigenvalue weighted by Gasteiger charge is -2.44. The topological polar surface area (TPSA) is 124 Å². The molecule has 32 heavy (non-hydrogen) atoms. The van der Waals surface area contributed by atoms with Gasteiger partial charge in [-0.1, -0.05) is 13.8 Å². The van der Waals surface area contributed by atoms with Crippen molar-refractivity contribution in [2.45, 2.75) is 85.4 Å². The van der Waals surface area contributed by atoms with Crippen molar-refractivity contribution in [2.75, 3.05) is 19.8 Å². The van der Waals surface area contributed by atoms with Crippen LogP contribution in [0.25, 0.3) is 0 Å². The van der Waals surface area contributed by atoms with Gasteiger partial charge in [0.15, 0.2) is 18.3 Å². The summed E-state index contributed by atoms with van der Waals surface area (Å²) in [7, 11) is 0. The summed E-state index contributed by atoms with van der Waals surface area (Å²) in [6.45, 7) is 10.0. The first kappa shape index (κ1) is 27.8. The molecule has 1 aliphatic rings. The number of rotatable bonds is 12. The summed E-state index contributed by atoms with van der Waals surface area (Å²) in [5.74, 6) is -3.62. The van der Waals surface area contributed by atoms with E-state index in [1.807, 2.05) is 13.8 Å². The third kappa shape index (κ3) is 8.38. The Hall–Kier alpha value is -2.20. The Morgan fingerprint density at radius 1 is 0.875 bits per heavy atom. The molecule has 184 valence electrons. The average Bonchev–Trinajstić information content (AvgIpc) is 2.71. The fourth-order valence-electron chi connectivity index (χ4n) is 3.63. The van der Waals surface area contributed by atoms with Crippen LogP contribution in [0.2, 0.25) is 0 Å². The van der Waals surface area contributed by atoms with Crippen LogP contribution in [0.3, 0.4) is 0 Å². The van der Waals surface area contributed by atoms with Gasteiger partial charge < -0.3 is 28.4 Å². The number of ether oxygens (including phenoxy) is 6. The molecule has 0 spiro atoms. The fourth-order valence-corrected chi connectivity index (χ4v) is 3.63. The number of carbonyl (C=O) groups is 4. The molecule has 0 aromatic heterocycles. The van der Waals surface area contributed by atoms with Crippen molar-refractivity contribution < 1.29 is 47.6 Å². The normalized spacial score (nSPS) is 25.2. The van der Waals surface area contributed by atoms with Crippen LogP contribution in [0, 0.1) is 11.8 Å². The molecule has 1 aliphatic heterocycles. The zero-order valence-electron chi connectivity index (χ0n) is 19.8. The maximum Gasteiger partial charge on any atom is 0.320 e. The van der Waals surface area contributed by atoms with E-state index in [9.17, 15) is 19.2 Å². The first-order valence-electron chi connectivity index (χ1n) is 11.1. The zero-order chi connectivity index (χ0) is 24.3. The molecule has 10 heteroatoms. The molecule has 0 bridgehead atoms. The maximum atomic E-state index is 12.1. The van der Waals surface area contributed by atoms with Crippen molar-refractivity contribution >= 4 is 23.9 Å². The Bertz CT molecular complexity index is 616. The monoisotopic (exact) mass is 460 g/mol. The van der Waals surface area contributed by atoms with E-state index in [0.717, 1.165) is 0 Å². The minimum atomic E-state index is -1.05. The SMILES string of the molecule is CCOC(=O)C(CCCOC1O[C@H](CC)[C@@H](C)[C@H](OC(C)=O)[C@@H]1OC(C)=O)C(=O)OCC. The smallest absolute Gasteiger partial charge is 0.320 e. The van der Waals surface area contributed by atoms with Crippen LogP contribution < -0.4 is 0 Å². The number of esters is 4. The van der Waals surface area contributed by atoms with Gasteiger partial charge in [-0.2, -0.15) is 0 Å². The van der Waals surface area contributed by atoms with E-state index < -0.39 is 48.3 Å². The molecule has 0 amide bonds. The second kappa shape index (κ2) is 14.1. The number of hydrogen-bond donors (Lipinski definition) is 0. The molecule has 5 atom stereocenters. The number of hydrogen-bond acceptors (Lipinski definition) is 10. The molecule has 1 saturated heterocycles. The van der Waals surface area contributed by atoms with Gasteiger partial charge in [0.25, 0.3) is 0 Å². The van der Waals surface area contributed by atoms with E-state index in [2.05, 4.69) is 0 Å². The molecule has 1 heterocycles. The van der Waals surface area contributed by atoms with Crippen LogP contribution >= 0.6 is 0 Å². The molecule has 0 aromatic rings. The summed E-state index contributed by atoms with van der Waals surface area (Å²) < 4.78 is 32.5. The fraction of sp³-hybridized carbons (Fsp3) is 0.818. The van der Waals surface area contributed by atoms with E-state index in [1.54, 1.807) is 13.8 Å². The second-order valence-corrected chi connectivity index (χ2v) is 7.53. The van der Waals surface area contributed by atoms with Gasteiger partial charge in [-0.05, 0) is 33.1 Å². The van der Waals surface area contributed by atoms with Crippen LogP contribution in [0.4, 0.5) is 0 Å². The summed E-state index contributed by atoms with van der Waals surface area (Å²) in [5.41, 5.74) is 0. The van der Waals surface area contributed by atoms with E-state index >= 15 is 0 Å². The van der Waals surface area contributed by atoms with Crippen molar-refractivity contribution in [3.05, 3.63) is 0 Å². The van der Waals surface area contributed by atoms with E-state index in [4.69, 9.17) is 28.4 Å². The van der Waals surface area contributed by atoms with Gasteiger partial charge in [0.1, 0.15) is 6.10 Å². The molecular weight excluding hydrogens is 424 g/mol. The first-order valence-corrected chi connectivity index (χ1v) is 11.1. The Balaban J connectivity index is 2.84. The Kier molecular flexibility index (Phi) is 12.2. The predicted octanol–water partition coefficient (Wildman–Crippen LogP) is 2.16. The Morgan fingerprint density at radius 3 is 1.88 bits per heavy atom. The number of carbonyl (C=O) groups excluding carboxylic acids is 4. The highest BCUT2D eigenvalue weighted by Gasteiger charge is 2.47. The molecular formula is C22H36O10. The predicted molar refractivity (Wildman–Crippen MR) is 111 cm³/mol. The van der Waals surface area contributed by atoms with Crippen LogP contribution in [0.15, 0.2) is 0 Å². The Labute approximate surface area is 189 Å². The minimum absolute atomic E-state index is 0.106. The van der Waals surface area contributed by atoms with Crippen LogP contribution in [0.1, 0.15) is 60.8 Å². The Morgan fingerprint density at radius 2 is 1.41 bits per heavy atom. The first-order chi connectivity index (χ1) is 15.2. The third-order valence-corrected chi connectivity index (χ3v) is 5.07. The summed E-state index contributed by atoms with van der Waals surface area (Å²) in [4.78, 5) is 47.5. The molecule has 1 fully saturated rings. The quantitative estimate of drug-likeness (QED) is 0.185. The van der Waals surface area contributed by atoms with Gasteiger partial charge in [-0.25, -0.2) is 0 Å². The van der Waals surface area contributed by atoms with Gasteiger partial charge in [0.2, 0.25) is 0 Å². The second-order valence-electron chi connectivity index (χ2n) is 7.53. The molecule has 0 aliphatic carbocycles. The summed E-state index contributed by atoms with van der Waals surface area (Å²) in [5, 5.41) is 0. The highest BCUT2D eigenvalue weighted by Crippen LogP contribution is 2.32. The summed E-state index contributed by atoms with van der Waals surface area (Å²) >= 11 is 0. The molecule has 10 nitrogen and oxygen atoms in total. The van der Waals surface area contributed by atoms with Crippen molar-refractivity contribution in [3.63, 3.8) is 0 Å². The van der Waals surface area contributed by atoms with E-state index in [1.165, 1.54) is 13.8 Å².